The number of nitrogens with two attached hydrogens (primary N) is 1. The highest BCUT2D eigenvalue weighted by Gasteiger charge is 2.30. The summed E-state index contributed by atoms with van der Waals surface area (Å²) in [4.78, 5) is 12.4. The van der Waals surface area contributed by atoms with Crippen LogP contribution < -0.4 is 15.8 Å². The molecule has 0 spiro atoms. The first kappa shape index (κ1) is 17.7. The summed E-state index contributed by atoms with van der Waals surface area (Å²) in [5.74, 6) is 0.173. The summed E-state index contributed by atoms with van der Waals surface area (Å²) in [5.41, 5.74) is 5.26. The van der Waals surface area contributed by atoms with E-state index in [-0.39, 0.29) is 21.6 Å². The van der Waals surface area contributed by atoms with Gasteiger partial charge in [-0.3, -0.25) is 4.79 Å². The van der Waals surface area contributed by atoms with E-state index in [4.69, 9.17) is 45.3 Å². The average Bonchev–Trinajstić information content (AvgIpc) is 2.47. The molecule has 2 rings (SSSR count). The van der Waals surface area contributed by atoms with E-state index in [1.54, 1.807) is 38.1 Å². The first-order valence-electron chi connectivity index (χ1n) is 6.69. The molecule has 0 radical (unpaired) electrons. The number of nitrogens with one attached hydrogen (secondary N) is 1. The normalized spacial score (nSPS) is 11.2. The molecular weight excluding hydrogens is 359 g/mol. The lowest BCUT2D eigenvalue weighted by molar-refractivity contribution is -0.128. The molecule has 0 aliphatic heterocycles. The first-order chi connectivity index (χ1) is 10.7. The molecule has 0 aliphatic carbocycles. The number of nitrogen functional groups attached to an aromatic ring is 1. The SMILES string of the molecule is CC(C)(Oc1ccc(Cl)cc1)C(=O)Nc1cc(Cl)c(N)c(Cl)c1. The van der Waals surface area contributed by atoms with Gasteiger partial charge in [-0.1, -0.05) is 34.8 Å². The third kappa shape index (κ3) is 4.44. The fraction of sp³-hybridized carbons (Fsp3) is 0.188. The zero-order valence-corrected chi connectivity index (χ0v) is 14.8. The number of amides is 1. The molecule has 0 saturated carbocycles. The number of carbonyl (C=O) groups is 1. The molecule has 3 N–H and O–H groups in total. The van der Waals surface area contributed by atoms with Crippen LogP contribution in [0.1, 0.15) is 13.8 Å². The second kappa shape index (κ2) is 6.87. The van der Waals surface area contributed by atoms with Crippen LogP contribution in [0.25, 0.3) is 0 Å². The van der Waals surface area contributed by atoms with E-state index >= 15 is 0 Å². The molecule has 0 fully saturated rings. The van der Waals surface area contributed by atoms with Crippen molar-refractivity contribution in [1.29, 1.82) is 0 Å². The zero-order valence-electron chi connectivity index (χ0n) is 12.5. The number of hydrogen-bond donors (Lipinski definition) is 2. The number of rotatable bonds is 4. The van der Waals surface area contributed by atoms with Crippen molar-refractivity contribution in [1.82, 2.24) is 0 Å². The Labute approximate surface area is 149 Å². The lowest BCUT2D eigenvalue weighted by atomic mass is 10.1. The second-order valence-electron chi connectivity index (χ2n) is 5.37. The van der Waals surface area contributed by atoms with E-state index in [0.29, 0.717) is 16.5 Å². The summed E-state index contributed by atoms with van der Waals surface area (Å²) < 4.78 is 5.71. The van der Waals surface area contributed by atoms with Gasteiger partial charge in [-0.25, -0.2) is 0 Å². The summed E-state index contributed by atoms with van der Waals surface area (Å²) in [6.45, 7) is 3.30. The standard InChI is InChI=1S/C16H15Cl3N2O2/c1-16(2,23-11-5-3-9(17)4-6-11)15(22)21-10-7-12(18)14(20)13(19)8-10/h3-8H,20H2,1-2H3,(H,21,22). The Morgan fingerprint density at radius 1 is 1.09 bits per heavy atom. The monoisotopic (exact) mass is 372 g/mol. The Hall–Kier alpha value is -1.62. The summed E-state index contributed by atoms with van der Waals surface area (Å²) >= 11 is 17.7. The molecule has 4 nitrogen and oxygen atoms in total. The molecule has 0 unspecified atom stereocenters. The lowest BCUT2D eigenvalue weighted by Gasteiger charge is -2.25. The summed E-state index contributed by atoms with van der Waals surface area (Å²) in [6, 6.07) is 9.80. The topological polar surface area (TPSA) is 64.3 Å². The summed E-state index contributed by atoms with van der Waals surface area (Å²) in [5, 5.41) is 3.83. The maximum atomic E-state index is 12.4. The van der Waals surface area contributed by atoms with Crippen molar-refractivity contribution < 1.29 is 9.53 Å². The molecule has 0 aromatic heterocycles. The third-order valence-corrected chi connectivity index (χ3v) is 3.95. The number of halogens is 3. The molecule has 0 bridgehead atoms. The Bertz CT molecular complexity index is 708. The largest absolute Gasteiger partial charge is 0.478 e. The maximum Gasteiger partial charge on any atom is 0.267 e. The van der Waals surface area contributed by atoms with E-state index < -0.39 is 5.60 Å². The van der Waals surface area contributed by atoms with Crippen LogP contribution in [-0.2, 0) is 4.79 Å². The summed E-state index contributed by atoms with van der Waals surface area (Å²) in [6.07, 6.45) is 0. The van der Waals surface area contributed by atoms with E-state index in [9.17, 15) is 4.79 Å². The lowest BCUT2D eigenvalue weighted by Crippen LogP contribution is -2.42. The van der Waals surface area contributed by atoms with Gasteiger partial charge in [0.15, 0.2) is 5.60 Å². The third-order valence-electron chi connectivity index (χ3n) is 3.07. The number of ether oxygens (including phenoxy) is 1. The van der Waals surface area contributed by atoms with Gasteiger partial charge in [-0.2, -0.15) is 0 Å². The predicted octanol–water partition coefficient (Wildman–Crippen LogP) is 5.03. The molecule has 0 heterocycles. The highest BCUT2D eigenvalue weighted by molar-refractivity contribution is 6.39. The quantitative estimate of drug-likeness (QED) is 0.739. The van der Waals surface area contributed by atoms with E-state index in [0.717, 1.165) is 0 Å². The smallest absolute Gasteiger partial charge is 0.267 e. The minimum atomic E-state index is -1.12. The number of hydrogen-bond acceptors (Lipinski definition) is 3. The van der Waals surface area contributed by atoms with Crippen LogP contribution in [0.5, 0.6) is 5.75 Å². The van der Waals surface area contributed by atoms with Crippen molar-refractivity contribution in [3.63, 3.8) is 0 Å². The van der Waals surface area contributed by atoms with E-state index in [1.165, 1.54) is 12.1 Å². The molecule has 1 amide bonds. The predicted molar refractivity (Wildman–Crippen MR) is 95.7 cm³/mol. The molecule has 7 heteroatoms. The van der Waals surface area contributed by atoms with Crippen molar-refractivity contribution in [2.24, 2.45) is 0 Å². The van der Waals surface area contributed by atoms with Crippen molar-refractivity contribution >= 4 is 52.1 Å². The second-order valence-corrected chi connectivity index (χ2v) is 6.62. The van der Waals surface area contributed by atoms with Crippen LogP contribution in [0.2, 0.25) is 15.1 Å². The highest BCUT2D eigenvalue weighted by atomic mass is 35.5. The van der Waals surface area contributed by atoms with Crippen molar-refractivity contribution in [2.75, 3.05) is 11.1 Å². The van der Waals surface area contributed by atoms with Gasteiger partial charge in [0, 0.05) is 10.7 Å². The zero-order chi connectivity index (χ0) is 17.2. The van der Waals surface area contributed by atoms with Crippen LogP contribution in [0.15, 0.2) is 36.4 Å². The molecule has 23 heavy (non-hydrogen) atoms. The Morgan fingerprint density at radius 2 is 1.61 bits per heavy atom. The Kier molecular flexibility index (Phi) is 5.30. The minimum Gasteiger partial charge on any atom is -0.478 e. The molecule has 0 atom stereocenters. The van der Waals surface area contributed by atoms with Crippen LogP contribution in [0.4, 0.5) is 11.4 Å². The van der Waals surface area contributed by atoms with Crippen LogP contribution >= 0.6 is 34.8 Å². The van der Waals surface area contributed by atoms with Crippen molar-refractivity contribution in [3.05, 3.63) is 51.5 Å². The van der Waals surface area contributed by atoms with Gasteiger partial charge >= 0.3 is 0 Å². The summed E-state index contributed by atoms with van der Waals surface area (Å²) in [7, 11) is 0. The van der Waals surface area contributed by atoms with Gasteiger partial charge in [-0.05, 0) is 50.2 Å². The van der Waals surface area contributed by atoms with Crippen molar-refractivity contribution in [2.45, 2.75) is 19.4 Å². The van der Waals surface area contributed by atoms with E-state index in [1.807, 2.05) is 0 Å². The van der Waals surface area contributed by atoms with E-state index in [2.05, 4.69) is 5.32 Å². The fourth-order valence-electron chi connectivity index (χ4n) is 1.78. The van der Waals surface area contributed by atoms with Gasteiger partial charge in [0.1, 0.15) is 5.75 Å². The van der Waals surface area contributed by atoms with Gasteiger partial charge in [0.25, 0.3) is 5.91 Å². The van der Waals surface area contributed by atoms with Gasteiger partial charge in [-0.15, -0.1) is 0 Å². The van der Waals surface area contributed by atoms with Gasteiger partial charge in [0.2, 0.25) is 0 Å². The molecule has 0 aliphatic rings. The highest BCUT2D eigenvalue weighted by Crippen LogP contribution is 2.31. The van der Waals surface area contributed by atoms with Crippen LogP contribution in [0, 0.1) is 0 Å². The molecule has 2 aromatic rings. The maximum absolute atomic E-state index is 12.4. The Balaban J connectivity index is 2.13. The van der Waals surface area contributed by atoms with Crippen LogP contribution in [0.3, 0.4) is 0 Å². The van der Waals surface area contributed by atoms with Crippen molar-refractivity contribution in [3.8, 4) is 5.75 Å². The fourth-order valence-corrected chi connectivity index (χ4v) is 2.39. The Morgan fingerprint density at radius 3 is 2.13 bits per heavy atom. The van der Waals surface area contributed by atoms with Crippen LogP contribution in [-0.4, -0.2) is 11.5 Å². The average molecular weight is 374 g/mol. The molecule has 122 valence electrons. The molecule has 2 aromatic carbocycles. The minimum absolute atomic E-state index is 0.267. The number of carbonyl (C=O) groups excluding carboxylic acids is 1. The number of benzene rings is 2. The van der Waals surface area contributed by atoms with Gasteiger partial charge in [0.05, 0.1) is 15.7 Å². The number of anilines is 2. The molecule has 0 saturated heterocycles. The van der Waals surface area contributed by atoms with Gasteiger partial charge < -0.3 is 15.8 Å². The molecular formula is C16H15Cl3N2O2. The first-order valence-corrected chi connectivity index (χ1v) is 7.83.